The molecule has 0 saturated heterocycles. The molecule has 0 aromatic heterocycles. The fourth-order valence-corrected chi connectivity index (χ4v) is 2.11. The molecule has 98 valence electrons. The van der Waals surface area contributed by atoms with E-state index in [9.17, 15) is 14.9 Å². The lowest BCUT2D eigenvalue weighted by Gasteiger charge is -2.18. The van der Waals surface area contributed by atoms with Crippen molar-refractivity contribution in [1.29, 1.82) is 0 Å². The number of carbonyl (C=O) groups excluding carboxylic acids is 1. The molecule has 6 heteroatoms. The smallest absolute Gasteiger partial charge is 0.270 e. The summed E-state index contributed by atoms with van der Waals surface area (Å²) in [5.74, 6) is -0.215. The molecule has 1 rings (SSSR count). The van der Waals surface area contributed by atoms with Crippen LogP contribution in [-0.4, -0.2) is 34.2 Å². The number of alkyl halides is 1. The number of aryl methyl sites for hydroxylation is 1. The van der Waals surface area contributed by atoms with Crippen molar-refractivity contribution in [2.45, 2.75) is 18.7 Å². The summed E-state index contributed by atoms with van der Waals surface area (Å²) in [6, 6.07) is 4.42. The van der Waals surface area contributed by atoms with E-state index < -0.39 is 4.92 Å². The van der Waals surface area contributed by atoms with Crippen LogP contribution in [0.2, 0.25) is 0 Å². The lowest BCUT2D eigenvalue weighted by molar-refractivity contribution is -0.384. The number of carbonyl (C=O) groups is 1. The van der Waals surface area contributed by atoms with Crippen LogP contribution in [0.5, 0.6) is 0 Å². The van der Waals surface area contributed by atoms with E-state index in [2.05, 4.69) is 15.9 Å². The van der Waals surface area contributed by atoms with Crippen LogP contribution in [0.25, 0.3) is 0 Å². The van der Waals surface area contributed by atoms with Crippen LogP contribution in [0.1, 0.15) is 22.8 Å². The van der Waals surface area contributed by atoms with Gasteiger partial charge in [0, 0.05) is 36.1 Å². The second kappa shape index (κ2) is 5.95. The number of rotatable bonds is 4. The highest BCUT2D eigenvalue weighted by Crippen LogP contribution is 2.18. The number of benzene rings is 1. The van der Waals surface area contributed by atoms with Gasteiger partial charge >= 0.3 is 0 Å². The third-order valence-electron chi connectivity index (χ3n) is 2.39. The van der Waals surface area contributed by atoms with Gasteiger partial charge in [0.25, 0.3) is 11.6 Å². The van der Waals surface area contributed by atoms with Gasteiger partial charge in [-0.1, -0.05) is 22.9 Å². The Kier molecular flexibility index (Phi) is 4.84. The number of nitro groups is 1. The zero-order chi connectivity index (χ0) is 13.9. The molecule has 0 aliphatic carbocycles. The van der Waals surface area contributed by atoms with E-state index >= 15 is 0 Å². The van der Waals surface area contributed by atoms with Gasteiger partial charge in [-0.15, -0.1) is 0 Å². The Balaban J connectivity index is 3.02. The van der Waals surface area contributed by atoms with Crippen molar-refractivity contribution in [1.82, 2.24) is 4.90 Å². The Morgan fingerprint density at radius 3 is 2.61 bits per heavy atom. The molecular formula is C12H15BrN2O3. The Hall–Kier alpha value is -1.43. The van der Waals surface area contributed by atoms with E-state index in [-0.39, 0.29) is 16.4 Å². The molecule has 0 fully saturated rings. The number of nitro benzene ring substituents is 1. The van der Waals surface area contributed by atoms with Crippen molar-refractivity contribution in [2.75, 3.05) is 13.6 Å². The molecule has 0 radical (unpaired) electrons. The highest BCUT2D eigenvalue weighted by molar-refractivity contribution is 9.09. The fraction of sp³-hybridized carbons (Fsp3) is 0.417. The van der Waals surface area contributed by atoms with Gasteiger partial charge in [0.2, 0.25) is 0 Å². The van der Waals surface area contributed by atoms with E-state index in [1.165, 1.54) is 17.0 Å². The molecule has 1 aromatic rings. The Morgan fingerprint density at radius 1 is 1.50 bits per heavy atom. The van der Waals surface area contributed by atoms with Crippen molar-refractivity contribution in [3.63, 3.8) is 0 Å². The van der Waals surface area contributed by atoms with Crippen molar-refractivity contribution in [3.8, 4) is 0 Å². The molecule has 0 saturated carbocycles. The summed E-state index contributed by atoms with van der Waals surface area (Å²) < 4.78 is 0. The fourth-order valence-electron chi connectivity index (χ4n) is 1.67. The second-order valence-corrected chi connectivity index (χ2v) is 5.84. The number of hydrogen-bond acceptors (Lipinski definition) is 3. The third-order valence-corrected chi connectivity index (χ3v) is 2.68. The minimum Gasteiger partial charge on any atom is -0.341 e. The molecule has 1 atom stereocenters. The summed E-state index contributed by atoms with van der Waals surface area (Å²) in [6.45, 7) is 4.21. The number of hydrogen-bond donors (Lipinski definition) is 0. The first-order valence-electron chi connectivity index (χ1n) is 5.47. The van der Waals surface area contributed by atoms with Crippen LogP contribution in [0, 0.1) is 17.0 Å². The molecular weight excluding hydrogens is 300 g/mol. The van der Waals surface area contributed by atoms with Gasteiger partial charge in [-0.2, -0.15) is 0 Å². The highest BCUT2D eigenvalue weighted by atomic mass is 79.9. The largest absolute Gasteiger partial charge is 0.341 e. The zero-order valence-corrected chi connectivity index (χ0v) is 12.1. The van der Waals surface area contributed by atoms with E-state index in [0.717, 1.165) is 0 Å². The average Bonchev–Trinajstić information content (AvgIpc) is 2.26. The van der Waals surface area contributed by atoms with E-state index in [1.807, 2.05) is 6.92 Å². The van der Waals surface area contributed by atoms with Gasteiger partial charge in [0.1, 0.15) is 0 Å². The maximum atomic E-state index is 12.1. The average molecular weight is 315 g/mol. The number of non-ortho nitro benzene ring substituents is 1. The lowest BCUT2D eigenvalue weighted by atomic mass is 10.1. The summed E-state index contributed by atoms with van der Waals surface area (Å²) in [5.41, 5.74) is 0.990. The summed E-state index contributed by atoms with van der Waals surface area (Å²) in [6.07, 6.45) is 0. The molecule has 1 amide bonds. The molecule has 1 unspecified atom stereocenters. The number of nitrogens with zero attached hydrogens (tertiary/aromatic N) is 2. The molecule has 5 nitrogen and oxygen atoms in total. The molecule has 0 spiro atoms. The summed E-state index contributed by atoms with van der Waals surface area (Å²) in [7, 11) is 1.67. The number of amides is 1. The minimum atomic E-state index is -0.489. The third kappa shape index (κ3) is 3.80. The van der Waals surface area contributed by atoms with Crippen LogP contribution in [0.3, 0.4) is 0 Å². The second-order valence-electron chi connectivity index (χ2n) is 4.28. The van der Waals surface area contributed by atoms with Gasteiger partial charge < -0.3 is 4.90 Å². The minimum absolute atomic E-state index is 0.0568. The van der Waals surface area contributed by atoms with Crippen LogP contribution in [-0.2, 0) is 0 Å². The quantitative estimate of drug-likeness (QED) is 0.487. The zero-order valence-electron chi connectivity index (χ0n) is 10.5. The van der Waals surface area contributed by atoms with E-state index in [0.29, 0.717) is 17.7 Å². The topological polar surface area (TPSA) is 63.5 Å². The van der Waals surface area contributed by atoms with Crippen molar-refractivity contribution in [2.24, 2.45) is 0 Å². The first-order valence-corrected chi connectivity index (χ1v) is 6.38. The molecule has 0 aliphatic rings. The molecule has 1 aromatic carbocycles. The summed E-state index contributed by atoms with van der Waals surface area (Å²) in [5, 5.41) is 10.7. The Labute approximate surface area is 114 Å². The van der Waals surface area contributed by atoms with Gasteiger partial charge in [-0.3, -0.25) is 14.9 Å². The van der Waals surface area contributed by atoms with Crippen molar-refractivity contribution < 1.29 is 9.72 Å². The molecule has 0 heterocycles. The van der Waals surface area contributed by atoms with Crippen LogP contribution >= 0.6 is 15.9 Å². The number of halogens is 1. The van der Waals surface area contributed by atoms with Crippen LogP contribution in [0.4, 0.5) is 5.69 Å². The summed E-state index contributed by atoms with van der Waals surface area (Å²) >= 11 is 3.37. The van der Waals surface area contributed by atoms with Gasteiger partial charge in [0.15, 0.2) is 0 Å². The molecule has 0 N–H and O–H groups in total. The van der Waals surface area contributed by atoms with E-state index in [4.69, 9.17) is 0 Å². The Morgan fingerprint density at radius 2 is 2.11 bits per heavy atom. The van der Waals surface area contributed by atoms with E-state index in [1.54, 1.807) is 20.0 Å². The predicted molar refractivity (Wildman–Crippen MR) is 73.2 cm³/mol. The maximum absolute atomic E-state index is 12.1. The SMILES string of the molecule is Cc1cc(C(=O)N(C)CC(C)Br)cc([N+](=O)[O-])c1. The maximum Gasteiger partial charge on any atom is 0.270 e. The standard InChI is InChI=1S/C12H15BrN2O3/c1-8-4-10(6-11(5-8)15(17)18)12(16)14(3)7-9(2)13/h4-6,9H,7H2,1-3H3. The Bertz CT molecular complexity index is 474. The van der Waals surface area contributed by atoms with Crippen LogP contribution < -0.4 is 0 Å². The molecule has 0 bridgehead atoms. The summed E-state index contributed by atoms with van der Waals surface area (Å²) in [4.78, 5) is 24.1. The molecule has 0 aliphatic heterocycles. The normalized spacial score (nSPS) is 12.0. The first-order chi connectivity index (χ1) is 8.31. The first kappa shape index (κ1) is 14.6. The van der Waals surface area contributed by atoms with Crippen molar-refractivity contribution in [3.05, 3.63) is 39.4 Å². The molecule has 18 heavy (non-hydrogen) atoms. The highest BCUT2D eigenvalue weighted by Gasteiger charge is 2.17. The van der Waals surface area contributed by atoms with Gasteiger partial charge in [-0.25, -0.2) is 0 Å². The van der Waals surface area contributed by atoms with Crippen molar-refractivity contribution >= 4 is 27.5 Å². The monoisotopic (exact) mass is 314 g/mol. The van der Waals surface area contributed by atoms with Gasteiger partial charge in [0.05, 0.1) is 4.92 Å². The van der Waals surface area contributed by atoms with Gasteiger partial charge in [-0.05, 0) is 18.6 Å². The lowest BCUT2D eigenvalue weighted by Crippen LogP contribution is -2.31. The predicted octanol–water partition coefficient (Wildman–Crippen LogP) is 2.76. The van der Waals surface area contributed by atoms with Crippen LogP contribution in [0.15, 0.2) is 18.2 Å².